The molecule has 1 aromatic heterocycles. The van der Waals surface area contributed by atoms with E-state index in [9.17, 15) is 14.0 Å². The van der Waals surface area contributed by atoms with Gasteiger partial charge < -0.3 is 10.0 Å². The summed E-state index contributed by atoms with van der Waals surface area (Å²) in [7, 11) is 0. The number of aliphatic carboxylic acids is 1. The van der Waals surface area contributed by atoms with Crippen molar-refractivity contribution in [1.29, 1.82) is 0 Å². The number of aromatic nitrogens is 3. The largest absolute Gasteiger partial charge is 0.481 e. The standard InChI is InChI=1S/C16H16ClFN4O3/c1-9-14(15(23)21-6-2-3-10(8-21)16(24)25)19-20-22(9)11-4-5-13(18)12(17)7-11/h4-5,7,10H,2-3,6,8H2,1H3,(H,24,25). The van der Waals surface area contributed by atoms with Gasteiger partial charge >= 0.3 is 5.97 Å². The lowest BCUT2D eigenvalue weighted by molar-refractivity contribution is -0.143. The van der Waals surface area contributed by atoms with Crippen molar-refractivity contribution in [1.82, 2.24) is 19.9 Å². The number of carboxylic acid groups (broad SMARTS) is 1. The molecule has 1 saturated heterocycles. The number of hydrogen-bond donors (Lipinski definition) is 1. The number of carbonyl (C=O) groups excluding carboxylic acids is 1. The van der Waals surface area contributed by atoms with Crippen molar-refractivity contribution in [2.75, 3.05) is 13.1 Å². The molecule has 0 aliphatic carbocycles. The highest BCUT2D eigenvalue weighted by atomic mass is 35.5. The first-order valence-corrected chi connectivity index (χ1v) is 8.16. The molecule has 1 N–H and O–H groups in total. The first kappa shape index (κ1) is 17.3. The summed E-state index contributed by atoms with van der Waals surface area (Å²) in [6, 6.07) is 4.09. The van der Waals surface area contributed by atoms with Gasteiger partial charge in [-0.1, -0.05) is 16.8 Å². The Hall–Kier alpha value is -2.48. The molecule has 0 saturated carbocycles. The van der Waals surface area contributed by atoms with Gasteiger partial charge in [-0.2, -0.15) is 0 Å². The number of likely N-dealkylation sites (tertiary alicyclic amines) is 1. The second-order valence-electron chi connectivity index (χ2n) is 5.96. The van der Waals surface area contributed by atoms with Gasteiger partial charge in [0.2, 0.25) is 0 Å². The molecule has 1 fully saturated rings. The third-order valence-corrected chi connectivity index (χ3v) is 4.59. The van der Waals surface area contributed by atoms with E-state index in [0.29, 0.717) is 30.8 Å². The van der Waals surface area contributed by atoms with E-state index in [1.807, 2.05) is 0 Å². The molecule has 25 heavy (non-hydrogen) atoms. The van der Waals surface area contributed by atoms with E-state index in [2.05, 4.69) is 10.3 Å². The summed E-state index contributed by atoms with van der Waals surface area (Å²) in [5, 5.41) is 17.0. The SMILES string of the molecule is Cc1c(C(=O)N2CCCC(C(=O)O)C2)nnn1-c1ccc(F)c(Cl)c1. The Morgan fingerprint density at radius 2 is 2.16 bits per heavy atom. The average Bonchev–Trinajstić information content (AvgIpc) is 2.98. The Morgan fingerprint density at radius 1 is 1.40 bits per heavy atom. The Labute approximate surface area is 148 Å². The lowest BCUT2D eigenvalue weighted by atomic mass is 9.98. The van der Waals surface area contributed by atoms with E-state index in [1.54, 1.807) is 6.92 Å². The number of hydrogen-bond acceptors (Lipinski definition) is 4. The molecule has 1 atom stereocenters. The first-order chi connectivity index (χ1) is 11.9. The Bertz CT molecular complexity index is 839. The lowest BCUT2D eigenvalue weighted by Gasteiger charge is -2.30. The van der Waals surface area contributed by atoms with Crippen LogP contribution in [0.5, 0.6) is 0 Å². The maximum Gasteiger partial charge on any atom is 0.308 e. The summed E-state index contributed by atoms with van der Waals surface area (Å²) in [4.78, 5) is 25.3. The fourth-order valence-electron chi connectivity index (χ4n) is 2.90. The smallest absolute Gasteiger partial charge is 0.308 e. The van der Waals surface area contributed by atoms with Gasteiger partial charge in [-0.15, -0.1) is 5.10 Å². The topological polar surface area (TPSA) is 88.3 Å². The van der Waals surface area contributed by atoms with Gasteiger partial charge in [-0.05, 0) is 38.0 Å². The third kappa shape index (κ3) is 3.34. The van der Waals surface area contributed by atoms with Crippen LogP contribution in [0.3, 0.4) is 0 Å². The minimum Gasteiger partial charge on any atom is -0.481 e. The quantitative estimate of drug-likeness (QED) is 0.900. The molecule has 1 amide bonds. The van der Waals surface area contributed by atoms with Crippen LogP contribution in [0, 0.1) is 18.7 Å². The zero-order valence-corrected chi connectivity index (χ0v) is 14.2. The minimum atomic E-state index is -0.904. The molecule has 0 spiro atoms. The molecule has 0 bridgehead atoms. The second-order valence-corrected chi connectivity index (χ2v) is 6.37. The normalized spacial score (nSPS) is 17.6. The van der Waals surface area contributed by atoms with Crippen LogP contribution >= 0.6 is 11.6 Å². The molecule has 1 aromatic carbocycles. The monoisotopic (exact) mass is 366 g/mol. The van der Waals surface area contributed by atoms with Crippen molar-refractivity contribution in [3.05, 3.63) is 40.4 Å². The van der Waals surface area contributed by atoms with Gasteiger partial charge in [-0.25, -0.2) is 9.07 Å². The van der Waals surface area contributed by atoms with Crippen LogP contribution < -0.4 is 0 Å². The summed E-state index contributed by atoms with van der Waals surface area (Å²) < 4.78 is 14.7. The highest BCUT2D eigenvalue weighted by Crippen LogP contribution is 2.22. The summed E-state index contributed by atoms with van der Waals surface area (Å²) in [5.74, 6) is -2.38. The van der Waals surface area contributed by atoms with E-state index < -0.39 is 17.7 Å². The van der Waals surface area contributed by atoms with Crippen LogP contribution in [-0.4, -0.2) is 50.0 Å². The molecule has 1 aliphatic heterocycles. The molecule has 9 heteroatoms. The predicted octanol–water partition coefficient (Wildman–Crippen LogP) is 2.31. The number of carbonyl (C=O) groups is 2. The fraction of sp³-hybridized carbons (Fsp3) is 0.375. The van der Waals surface area contributed by atoms with Crippen LogP contribution in [-0.2, 0) is 4.79 Å². The number of amides is 1. The summed E-state index contributed by atoms with van der Waals surface area (Å²) >= 11 is 5.79. The van der Waals surface area contributed by atoms with Crippen LogP contribution in [0.4, 0.5) is 4.39 Å². The van der Waals surface area contributed by atoms with Crippen LogP contribution in [0.25, 0.3) is 5.69 Å². The van der Waals surface area contributed by atoms with Crippen molar-refractivity contribution in [3.63, 3.8) is 0 Å². The zero-order valence-electron chi connectivity index (χ0n) is 13.4. The number of halogens is 2. The Morgan fingerprint density at radius 3 is 2.84 bits per heavy atom. The van der Waals surface area contributed by atoms with Crippen molar-refractivity contribution in [3.8, 4) is 5.69 Å². The lowest BCUT2D eigenvalue weighted by Crippen LogP contribution is -2.42. The second kappa shape index (κ2) is 6.79. The van der Waals surface area contributed by atoms with E-state index in [4.69, 9.17) is 16.7 Å². The average molecular weight is 367 g/mol. The van der Waals surface area contributed by atoms with Crippen LogP contribution in [0.15, 0.2) is 18.2 Å². The van der Waals surface area contributed by atoms with Crippen molar-refractivity contribution in [2.24, 2.45) is 5.92 Å². The van der Waals surface area contributed by atoms with Gasteiger partial charge in [-0.3, -0.25) is 9.59 Å². The van der Waals surface area contributed by atoms with Crippen LogP contribution in [0.1, 0.15) is 29.0 Å². The number of nitrogens with zero attached hydrogens (tertiary/aromatic N) is 4. The summed E-state index contributed by atoms with van der Waals surface area (Å²) in [6.45, 7) is 2.31. The van der Waals surface area contributed by atoms with Gasteiger partial charge in [0, 0.05) is 13.1 Å². The summed E-state index contributed by atoms with van der Waals surface area (Å²) in [6.07, 6.45) is 1.18. The number of carboxylic acids is 1. The van der Waals surface area contributed by atoms with Gasteiger partial charge in [0.25, 0.3) is 5.91 Å². The van der Waals surface area contributed by atoms with Crippen molar-refractivity contribution >= 4 is 23.5 Å². The Kier molecular flexibility index (Phi) is 4.71. The van der Waals surface area contributed by atoms with E-state index in [0.717, 1.165) is 0 Å². The van der Waals surface area contributed by atoms with Crippen molar-refractivity contribution < 1.29 is 19.1 Å². The van der Waals surface area contributed by atoms with E-state index in [1.165, 1.54) is 27.8 Å². The van der Waals surface area contributed by atoms with Gasteiger partial charge in [0.15, 0.2) is 5.69 Å². The fourth-order valence-corrected chi connectivity index (χ4v) is 3.08. The molecule has 0 radical (unpaired) electrons. The maximum atomic E-state index is 13.3. The molecule has 2 aromatic rings. The number of benzene rings is 1. The third-order valence-electron chi connectivity index (χ3n) is 4.30. The van der Waals surface area contributed by atoms with Crippen molar-refractivity contribution in [2.45, 2.75) is 19.8 Å². The molecule has 1 aliphatic rings. The highest BCUT2D eigenvalue weighted by molar-refractivity contribution is 6.30. The Balaban J connectivity index is 1.86. The molecule has 2 heterocycles. The van der Waals surface area contributed by atoms with E-state index in [-0.39, 0.29) is 23.2 Å². The zero-order chi connectivity index (χ0) is 18.1. The van der Waals surface area contributed by atoms with E-state index >= 15 is 0 Å². The number of rotatable bonds is 3. The molecular formula is C16H16ClFN4O3. The molecular weight excluding hydrogens is 351 g/mol. The molecule has 7 nitrogen and oxygen atoms in total. The molecule has 3 rings (SSSR count). The molecule has 132 valence electrons. The molecule has 1 unspecified atom stereocenters. The van der Waals surface area contributed by atoms with Crippen LogP contribution in [0.2, 0.25) is 5.02 Å². The predicted molar refractivity (Wildman–Crippen MR) is 87.3 cm³/mol. The summed E-state index contributed by atoms with van der Waals surface area (Å²) in [5.41, 5.74) is 1.11. The number of piperidine rings is 1. The van der Waals surface area contributed by atoms with Gasteiger partial charge in [0.05, 0.1) is 22.3 Å². The maximum absolute atomic E-state index is 13.3. The highest BCUT2D eigenvalue weighted by Gasteiger charge is 2.31. The van der Waals surface area contributed by atoms with Gasteiger partial charge in [0.1, 0.15) is 5.82 Å². The first-order valence-electron chi connectivity index (χ1n) is 7.78. The minimum absolute atomic E-state index is 0.0550.